The maximum Gasteiger partial charge on any atom is 0.0678 e. The highest BCUT2D eigenvalue weighted by atomic mass is 15.2. The van der Waals surface area contributed by atoms with Crippen LogP contribution in [-0.2, 0) is 7.05 Å². The Morgan fingerprint density at radius 1 is 1.20 bits per heavy atom. The van der Waals surface area contributed by atoms with Crippen molar-refractivity contribution in [3.63, 3.8) is 0 Å². The molecular weight excluding hydrogens is 184 g/mol. The Bertz CT molecular complexity index is 509. The molecule has 1 radical (unpaired) electrons. The third kappa shape index (κ3) is 1.92. The van der Waals surface area contributed by atoms with Crippen molar-refractivity contribution in [1.29, 1.82) is 0 Å². The molecule has 1 aromatic carbocycles. The van der Waals surface area contributed by atoms with Gasteiger partial charge in [0.25, 0.3) is 0 Å². The van der Waals surface area contributed by atoms with Gasteiger partial charge in [0.1, 0.15) is 0 Å². The first-order valence-corrected chi connectivity index (χ1v) is 4.68. The van der Waals surface area contributed by atoms with Gasteiger partial charge in [-0.3, -0.25) is 4.68 Å². The normalized spacial score (nSPS) is 9.47. The van der Waals surface area contributed by atoms with Crippen LogP contribution < -0.4 is 0 Å². The molecule has 0 spiro atoms. The molecule has 0 fully saturated rings. The van der Waals surface area contributed by atoms with Gasteiger partial charge in [0.2, 0.25) is 0 Å². The highest BCUT2D eigenvalue weighted by Crippen LogP contribution is 2.18. The van der Waals surface area contributed by atoms with E-state index in [2.05, 4.69) is 23.9 Å². The summed E-state index contributed by atoms with van der Waals surface area (Å²) in [5.74, 6) is 5.54. The lowest BCUT2D eigenvalue weighted by atomic mass is 10.1. The highest BCUT2D eigenvalue weighted by Gasteiger charge is 2.00. The van der Waals surface area contributed by atoms with Gasteiger partial charge in [-0.25, -0.2) is 0 Å². The summed E-state index contributed by atoms with van der Waals surface area (Å²) in [5.41, 5.74) is 3.23. The van der Waals surface area contributed by atoms with Crippen LogP contribution >= 0.6 is 0 Å². The molecule has 0 aliphatic heterocycles. The third-order valence-electron chi connectivity index (χ3n) is 2.23. The molecule has 0 amide bonds. The van der Waals surface area contributed by atoms with Gasteiger partial charge in [0.05, 0.1) is 5.69 Å². The molecule has 0 unspecified atom stereocenters. The summed E-state index contributed by atoms with van der Waals surface area (Å²) in [6.45, 7) is 3.49. The Hall–Kier alpha value is -2.01. The molecule has 2 rings (SSSR count). The average molecular weight is 195 g/mol. The molecule has 0 N–H and O–H groups in total. The van der Waals surface area contributed by atoms with Crippen molar-refractivity contribution in [2.24, 2.45) is 7.05 Å². The quantitative estimate of drug-likeness (QED) is 0.638. The van der Waals surface area contributed by atoms with Crippen molar-refractivity contribution in [3.8, 4) is 23.1 Å². The van der Waals surface area contributed by atoms with Crippen molar-refractivity contribution in [1.82, 2.24) is 9.78 Å². The Morgan fingerprint density at radius 3 is 2.47 bits per heavy atom. The van der Waals surface area contributed by atoms with E-state index in [0.29, 0.717) is 0 Å². The zero-order valence-electron chi connectivity index (χ0n) is 8.57. The lowest BCUT2D eigenvalue weighted by Gasteiger charge is -2.01. The minimum Gasteiger partial charge on any atom is -0.268 e. The number of benzene rings is 1. The summed E-state index contributed by atoms with van der Waals surface area (Å²) in [7, 11) is 1.93. The molecule has 0 aliphatic carbocycles. The second kappa shape index (κ2) is 4.02. The maximum absolute atomic E-state index is 4.13. The van der Waals surface area contributed by atoms with Gasteiger partial charge < -0.3 is 0 Å². The monoisotopic (exact) mass is 195 g/mol. The summed E-state index contributed by atoms with van der Waals surface area (Å²) in [6.07, 6.45) is 1.79. The molecule has 0 aliphatic rings. The molecule has 0 saturated carbocycles. The van der Waals surface area contributed by atoms with Gasteiger partial charge in [-0.2, -0.15) is 5.10 Å². The van der Waals surface area contributed by atoms with Gasteiger partial charge in [-0.1, -0.05) is 24.0 Å². The highest BCUT2D eigenvalue weighted by molar-refractivity contribution is 5.60. The number of aryl methyl sites for hydroxylation is 1. The van der Waals surface area contributed by atoms with Crippen LogP contribution in [0.15, 0.2) is 36.5 Å². The molecule has 0 saturated heterocycles. The van der Waals surface area contributed by atoms with Gasteiger partial charge in [0, 0.05) is 25.7 Å². The SMILES string of the molecule is [CH2]C#Cc1ccc(-c2ccnn2C)cc1. The average Bonchev–Trinajstić information content (AvgIpc) is 2.66. The second-order valence-corrected chi connectivity index (χ2v) is 3.22. The summed E-state index contributed by atoms with van der Waals surface area (Å²) < 4.78 is 1.85. The number of rotatable bonds is 1. The van der Waals surface area contributed by atoms with Crippen LogP contribution in [0.2, 0.25) is 0 Å². The standard InChI is InChI=1S/C13H11N2/c1-3-4-11-5-7-12(8-6-11)13-9-10-14-15(13)2/h5-10H,1H2,2H3. The molecule has 0 atom stereocenters. The fourth-order valence-corrected chi connectivity index (χ4v) is 1.48. The molecule has 73 valence electrons. The maximum atomic E-state index is 4.13. The minimum absolute atomic E-state index is 0.982. The van der Waals surface area contributed by atoms with E-state index in [-0.39, 0.29) is 0 Å². The van der Waals surface area contributed by atoms with E-state index < -0.39 is 0 Å². The smallest absolute Gasteiger partial charge is 0.0678 e. The van der Waals surface area contributed by atoms with Crippen LogP contribution in [0, 0.1) is 18.8 Å². The van der Waals surface area contributed by atoms with Crippen molar-refractivity contribution in [2.45, 2.75) is 0 Å². The van der Waals surface area contributed by atoms with Gasteiger partial charge in [0.15, 0.2) is 0 Å². The third-order valence-corrected chi connectivity index (χ3v) is 2.23. The lowest BCUT2D eigenvalue weighted by Crippen LogP contribution is -1.92. The van der Waals surface area contributed by atoms with Crippen LogP contribution in [0.25, 0.3) is 11.3 Å². The lowest BCUT2D eigenvalue weighted by molar-refractivity contribution is 0.776. The van der Waals surface area contributed by atoms with E-state index in [1.54, 1.807) is 6.20 Å². The van der Waals surface area contributed by atoms with Crippen LogP contribution in [0.5, 0.6) is 0 Å². The van der Waals surface area contributed by atoms with E-state index >= 15 is 0 Å². The van der Waals surface area contributed by atoms with E-state index in [1.807, 2.05) is 42.1 Å². The second-order valence-electron chi connectivity index (χ2n) is 3.22. The molecule has 15 heavy (non-hydrogen) atoms. The fourth-order valence-electron chi connectivity index (χ4n) is 1.48. The number of hydrogen-bond acceptors (Lipinski definition) is 1. The number of nitrogens with zero attached hydrogens (tertiary/aromatic N) is 2. The zero-order valence-corrected chi connectivity index (χ0v) is 8.57. The van der Waals surface area contributed by atoms with Gasteiger partial charge >= 0.3 is 0 Å². The summed E-state index contributed by atoms with van der Waals surface area (Å²) in [6, 6.07) is 10.0. The Kier molecular flexibility index (Phi) is 2.55. The number of aromatic nitrogens is 2. The summed E-state index contributed by atoms with van der Waals surface area (Å²) >= 11 is 0. The van der Waals surface area contributed by atoms with E-state index in [1.165, 1.54) is 0 Å². The van der Waals surface area contributed by atoms with Crippen LogP contribution in [0.1, 0.15) is 5.56 Å². The topological polar surface area (TPSA) is 17.8 Å². The molecule has 1 heterocycles. The summed E-state index contributed by atoms with van der Waals surface area (Å²) in [5, 5.41) is 4.13. The van der Waals surface area contributed by atoms with E-state index in [9.17, 15) is 0 Å². The molecule has 1 aromatic heterocycles. The Balaban J connectivity index is 2.38. The first-order chi connectivity index (χ1) is 7.31. The molecule has 2 aromatic rings. The Morgan fingerprint density at radius 2 is 1.93 bits per heavy atom. The van der Waals surface area contributed by atoms with Crippen molar-refractivity contribution in [2.75, 3.05) is 0 Å². The van der Waals surface area contributed by atoms with E-state index in [4.69, 9.17) is 0 Å². The van der Waals surface area contributed by atoms with Gasteiger partial charge in [-0.15, -0.1) is 0 Å². The van der Waals surface area contributed by atoms with Crippen molar-refractivity contribution in [3.05, 3.63) is 49.0 Å². The van der Waals surface area contributed by atoms with Crippen molar-refractivity contribution < 1.29 is 0 Å². The first-order valence-electron chi connectivity index (χ1n) is 4.68. The summed E-state index contributed by atoms with van der Waals surface area (Å²) in [4.78, 5) is 0. The molecule has 0 bridgehead atoms. The first kappa shape index (κ1) is 9.54. The van der Waals surface area contributed by atoms with Crippen LogP contribution in [0.4, 0.5) is 0 Å². The van der Waals surface area contributed by atoms with Crippen molar-refractivity contribution >= 4 is 0 Å². The Labute approximate surface area is 89.6 Å². The molecular formula is C13H11N2. The largest absolute Gasteiger partial charge is 0.268 e. The fraction of sp³-hybridized carbons (Fsp3) is 0.0769. The molecule has 2 heteroatoms. The predicted molar refractivity (Wildman–Crippen MR) is 60.9 cm³/mol. The predicted octanol–water partition coefficient (Wildman–Crippen LogP) is 2.27. The van der Waals surface area contributed by atoms with Gasteiger partial charge in [-0.05, 0) is 23.8 Å². The minimum atomic E-state index is 0.982. The van der Waals surface area contributed by atoms with Crippen LogP contribution in [-0.4, -0.2) is 9.78 Å². The zero-order chi connectivity index (χ0) is 10.7. The number of hydrogen-bond donors (Lipinski definition) is 0. The van der Waals surface area contributed by atoms with Crippen LogP contribution in [0.3, 0.4) is 0 Å². The molecule has 2 nitrogen and oxygen atoms in total. The van der Waals surface area contributed by atoms with E-state index in [0.717, 1.165) is 16.8 Å².